The Hall–Kier alpha value is -0.900. The smallest absolute Gasteiger partial charge is 0.107 e. The third-order valence-corrected chi connectivity index (χ3v) is 4.04. The Kier molecular flexibility index (Phi) is 4.75. The van der Waals surface area contributed by atoms with E-state index in [1.807, 2.05) is 18.2 Å². The second-order valence-corrected chi connectivity index (χ2v) is 5.38. The number of piperidine rings is 1. The lowest BCUT2D eigenvalue weighted by Crippen LogP contribution is -2.43. The minimum Gasteiger partial charge on any atom is -0.396 e. The van der Waals surface area contributed by atoms with Gasteiger partial charge < -0.3 is 10.2 Å². The molecule has 1 unspecified atom stereocenters. The summed E-state index contributed by atoms with van der Waals surface area (Å²) in [4.78, 5) is 2.12. The van der Waals surface area contributed by atoms with Crippen LogP contribution in [0.2, 0.25) is 0 Å². The molecule has 3 nitrogen and oxygen atoms in total. The number of hydrogen-bond acceptors (Lipinski definition) is 3. The summed E-state index contributed by atoms with van der Waals surface area (Å²) < 4.78 is 0. The summed E-state index contributed by atoms with van der Waals surface area (Å²) in [5, 5.41) is 19.4. The number of benzene rings is 1. The van der Waals surface area contributed by atoms with Crippen LogP contribution in [0.5, 0.6) is 0 Å². The number of hydrogen-bond donors (Lipinski definition) is 2. The van der Waals surface area contributed by atoms with Gasteiger partial charge in [-0.3, -0.25) is 4.90 Å². The topological polar surface area (TPSA) is 43.7 Å². The molecule has 1 aromatic carbocycles. The molecule has 2 N–H and O–H groups in total. The van der Waals surface area contributed by atoms with Crippen molar-refractivity contribution >= 4 is 0 Å². The van der Waals surface area contributed by atoms with Crippen molar-refractivity contribution in [1.29, 1.82) is 0 Å². The molecule has 0 spiro atoms. The van der Waals surface area contributed by atoms with Gasteiger partial charge in [0.05, 0.1) is 0 Å². The Morgan fingerprint density at radius 1 is 1.33 bits per heavy atom. The van der Waals surface area contributed by atoms with Gasteiger partial charge in [-0.2, -0.15) is 0 Å². The first-order chi connectivity index (χ1) is 8.70. The first kappa shape index (κ1) is 13.5. The van der Waals surface area contributed by atoms with Crippen LogP contribution in [0.1, 0.15) is 25.3 Å². The van der Waals surface area contributed by atoms with E-state index < -0.39 is 0 Å². The van der Waals surface area contributed by atoms with Crippen molar-refractivity contribution in [2.45, 2.75) is 32.5 Å². The van der Waals surface area contributed by atoms with Gasteiger partial charge in [0.15, 0.2) is 0 Å². The number of likely N-dealkylation sites (tertiary alicyclic amines) is 1. The number of rotatable bonds is 4. The SMILES string of the molecule is CC(CO)[C@@H]1CCN(Cc2ccccc2)[C@@H](O)C1. The summed E-state index contributed by atoms with van der Waals surface area (Å²) in [5.41, 5.74) is 1.24. The average Bonchev–Trinajstić information content (AvgIpc) is 2.41. The summed E-state index contributed by atoms with van der Waals surface area (Å²) in [6, 6.07) is 10.3. The molecule has 18 heavy (non-hydrogen) atoms. The van der Waals surface area contributed by atoms with E-state index in [0.29, 0.717) is 11.8 Å². The zero-order valence-electron chi connectivity index (χ0n) is 11.0. The van der Waals surface area contributed by atoms with E-state index in [-0.39, 0.29) is 12.8 Å². The summed E-state index contributed by atoms with van der Waals surface area (Å²) >= 11 is 0. The molecule has 0 bridgehead atoms. The molecule has 3 heteroatoms. The first-order valence-corrected chi connectivity index (χ1v) is 6.77. The normalized spacial score (nSPS) is 27.1. The molecule has 1 heterocycles. The molecule has 1 aromatic rings. The van der Waals surface area contributed by atoms with Crippen molar-refractivity contribution in [3.05, 3.63) is 35.9 Å². The second-order valence-electron chi connectivity index (χ2n) is 5.38. The highest BCUT2D eigenvalue weighted by Gasteiger charge is 2.29. The van der Waals surface area contributed by atoms with Crippen LogP contribution in [0.4, 0.5) is 0 Å². The maximum atomic E-state index is 10.2. The van der Waals surface area contributed by atoms with Gasteiger partial charge in [0, 0.05) is 19.7 Å². The zero-order chi connectivity index (χ0) is 13.0. The fourth-order valence-corrected chi connectivity index (χ4v) is 2.69. The number of aliphatic hydroxyl groups is 2. The molecule has 0 aromatic heterocycles. The summed E-state index contributed by atoms with van der Waals surface area (Å²) in [5.74, 6) is 0.732. The van der Waals surface area contributed by atoms with Crippen LogP contribution in [-0.2, 0) is 6.54 Å². The molecular formula is C15H23NO2. The van der Waals surface area contributed by atoms with Gasteiger partial charge in [-0.1, -0.05) is 37.3 Å². The molecule has 0 aliphatic carbocycles. The van der Waals surface area contributed by atoms with Crippen molar-refractivity contribution in [3.8, 4) is 0 Å². The molecule has 3 atom stereocenters. The van der Waals surface area contributed by atoms with Crippen molar-refractivity contribution in [1.82, 2.24) is 4.90 Å². The van der Waals surface area contributed by atoms with Crippen LogP contribution >= 0.6 is 0 Å². The van der Waals surface area contributed by atoms with E-state index in [1.54, 1.807) is 0 Å². The van der Waals surface area contributed by atoms with E-state index >= 15 is 0 Å². The second kappa shape index (κ2) is 6.32. The monoisotopic (exact) mass is 249 g/mol. The third-order valence-electron chi connectivity index (χ3n) is 4.04. The number of nitrogens with zero attached hydrogens (tertiary/aromatic N) is 1. The molecule has 0 amide bonds. The van der Waals surface area contributed by atoms with E-state index in [1.165, 1.54) is 5.56 Å². The van der Waals surface area contributed by atoms with E-state index in [9.17, 15) is 10.2 Å². The molecule has 0 saturated carbocycles. The zero-order valence-corrected chi connectivity index (χ0v) is 11.0. The maximum Gasteiger partial charge on any atom is 0.107 e. The van der Waals surface area contributed by atoms with Crippen LogP contribution in [0.15, 0.2) is 30.3 Å². The maximum absolute atomic E-state index is 10.2. The first-order valence-electron chi connectivity index (χ1n) is 6.77. The van der Waals surface area contributed by atoms with Gasteiger partial charge in [-0.05, 0) is 30.2 Å². The predicted octanol–water partition coefficient (Wildman–Crippen LogP) is 1.85. The Morgan fingerprint density at radius 2 is 2.06 bits per heavy atom. The standard InChI is InChI=1S/C15H23NO2/c1-12(11-17)14-7-8-16(15(18)9-14)10-13-5-3-2-4-6-13/h2-6,12,14-15,17-18H,7-11H2,1H3/t12?,14-,15+/m1/s1. The van der Waals surface area contributed by atoms with E-state index in [0.717, 1.165) is 25.9 Å². The molecule has 100 valence electrons. The lowest BCUT2D eigenvalue weighted by molar-refractivity contribution is -0.0594. The van der Waals surface area contributed by atoms with Crippen molar-refractivity contribution in [2.24, 2.45) is 11.8 Å². The predicted molar refractivity (Wildman–Crippen MR) is 71.8 cm³/mol. The summed E-state index contributed by atoms with van der Waals surface area (Å²) in [7, 11) is 0. The highest BCUT2D eigenvalue weighted by molar-refractivity contribution is 5.14. The minimum absolute atomic E-state index is 0.218. The highest BCUT2D eigenvalue weighted by atomic mass is 16.3. The minimum atomic E-state index is -0.377. The van der Waals surface area contributed by atoms with Gasteiger partial charge in [0.25, 0.3) is 0 Å². The van der Waals surface area contributed by atoms with E-state index in [4.69, 9.17) is 0 Å². The fraction of sp³-hybridized carbons (Fsp3) is 0.600. The van der Waals surface area contributed by atoms with Crippen LogP contribution in [0.3, 0.4) is 0 Å². The van der Waals surface area contributed by atoms with Gasteiger partial charge in [-0.25, -0.2) is 0 Å². The average molecular weight is 249 g/mol. The highest BCUT2D eigenvalue weighted by Crippen LogP contribution is 2.28. The lowest BCUT2D eigenvalue weighted by Gasteiger charge is -2.38. The molecule has 1 aliphatic rings. The van der Waals surface area contributed by atoms with Gasteiger partial charge >= 0.3 is 0 Å². The Balaban J connectivity index is 1.90. The molecular weight excluding hydrogens is 226 g/mol. The van der Waals surface area contributed by atoms with Gasteiger partial charge in [-0.15, -0.1) is 0 Å². The molecule has 0 radical (unpaired) electrons. The number of aliphatic hydroxyl groups excluding tert-OH is 2. The van der Waals surface area contributed by atoms with Crippen LogP contribution in [0, 0.1) is 11.8 Å². The third kappa shape index (κ3) is 3.31. The Morgan fingerprint density at radius 3 is 2.67 bits per heavy atom. The van der Waals surface area contributed by atoms with Crippen molar-refractivity contribution < 1.29 is 10.2 Å². The Bertz CT molecular complexity index is 355. The quantitative estimate of drug-likeness (QED) is 0.856. The lowest BCUT2D eigenvalue weighted by atomic mass is 9.85. The summed E-state index contributed by atoms with van der Waals surface area (Å²) in [6.07, 6.45) is 1.46. The Labute approximate surface area is 109 Å². The van der Waals surface area contributed by atoms with Crippen molar-refractivity contribution in [3.63, 3.8) is 0 Å². The molecule has 1 saturated heterocycles. The largest absolute Gasteiger partial charge is 0.396 e. The van der Waals surface area contributed by atoms with Crippen LogP contribution in [-0.4, -0.2) is 34.5 Å². The molecule has 1 fully saturated rings. The summed E-state index contributed by atoms with van der Waals surface area (Å²) in [6.45, 7) is 3.99. The van der Waals surface area contributed by atoms with Gasteiger partial charge in [0.1, 0.15) is 6.23 Å². The molecule has 1 aliphatic heterocycles. The van der Waals surface area contributed by atoms with Crippen molar-refractivity contribution in [2.75, 3.05) is 13.2 Å². The van der Waals surface area contributed by atoms with Gasteiger partial charge in [0.2, 0.25) is 0 Å². The van der Waals surface area contributed by atoms with Crippen LogP contribution in [0.25, 0.3) is 0 Å². The molecule has 2 rings (SSSR count). The van der Waals surface area contributed by atoms with Crippen LogP contribution < -0.4 is 0 Å². The fourth-order valence-electron chi connectivity index (χ4n) is 2.69. The van der Waals surface area contributed by atoms with E-state index in [2.05, 4.69) is 24.0 Å².